The van der Waals surface area contributed by atoms with E-state index in [-0.39, 0.29) is 6.10 Å². The van der Waals surface area contributed by atoms with Gasteiger partial charge < -0.3 is 14.4 Å². The van der Waals surface area contributed by atoms with E-state index >= 15 is 0 Å². The van der Waals surface area contributed by atoms with Crippen molar-refractivity contribution in [1.29, 1.82) is 0 Å². The number of aromatic nitrogens is 2. The van der Waals surface area contributed by atoms with Crippen LogP contribution in [0, 0.1) is 12.8 Å². The molecule has 1 atom stereocenters. The summed E-state index contributed by atoms with van der Waals surface area (Å²) in [5, 5.41) is 0. The van der Waals surface area contributed by atoms with Crippen LogP contribution in [0.3, 0.4) is 0 Å². The molecule has 2 aliphatic rings. The molecule has 0 bridgehead atoms. The molecule has 0 N–H and O–H groups in total. The third-order valence-corrected chi connectivity index (χ3v) is 5.08. The van der Waals surface area contributed by atoms with Crippen LogP contribution in [-0.2, 0) is 9.47 Å². The van der Waals surface area contributed by atoms with Crippen LogP contribution in [0.2, 0.25) is 0 Å². The fourth-order valence-corrected chi connectivity index (χ4v) is 3.69. The summed E-state index contributed by atoms with van der Waals surface area (Å²) in [6.07, 6.45) is 2.46. The molecule has 5 nitrogen and oxygen atoms in total. The van der Waals surface area contributed by atoms with Crippen molar-refractivity contribution in [2.24, 2.45) is 5.92 Å². The second-order valence-corrected chi connectivity index (χ2v) is 6.86. The Morgan fingerprint density at radius 2 is 1.84 bits per heavy atom. The number of rotatable bonds is 3. The van der Waals surface area contributed by atoms with Crippen LogP contribution in [0.5, 0.6) is 0 Å². The summed E-state index contributed by atoms with van der Waals surface area (Å²) < 4.78 is 11.6. The second-order valence-electron chi connectivity index (χ2n) is 6.86. The minimum atomic E-state index is 0.271. The molecule has 5 heteroatoms. The Balaban J connectivity index is 1.55. The van der Waals surface area contributed by atoms with E-state index in [1.165, 1.54) is 0 Å². The molecule has 1 unspecified atom stereocenters. The van der Waals surface area contributed by atoms with Crippen molar-refractivity contribution in [3.8, 4) is 11.4 Å². The van der Waals surface area contributed by atoms with E-state index in [0.717, 1.165) is 68.7 Å². The molecular weight excluding hydrogens is 314 g/mol. The van der Waals surface area contributed by atoms with Crippen LogP contribution in [0.25, 0.3) is 11.4 Å². The lowest BCUT2D eigenvalue weighted by Crippen LogP contribution is -2.47. The van der Waals surface area contributed by atoms with E-state index in [0.29, 0.717) is 5.92 Å². The maximum absolute atomic E-state index is 6.07. The first kappa shape index (κ1) is 16.5. The third kappa shape index (κ3) is 3.83. The van der Waals surface area contributed by atoms with Gasteiger partial charge >= 0.3 is 0 Å². The first-order chi connectivity index (χ1) is 12.3. The zero-order valence-electron chi connectivity index (χ0n) is 14.7. The second kappa shape index (κ2) is 7.50. The highest BCUT2D eigenvalue weighted by atomic mass is 16.5. The van der Waals surface area contributed by atoms with E-state index in [4.69, 9.17) is 14.5 Å². The van der Waals surface area contributed by atoms with Crippen molar-refractivity contribution in [2.45, 2.75) is 25.9 Å². The summed E-state index contributed by atoms with van der Waals surface area (Å²) in [5.74, 6) is 2.39. The largest absolute Gasteiger partial charge is 0.381 e. The molecule has 1 aromatic heterocycles. The molecule has 132 valence electrons. The van der Waals surface area contributed by atoms with Gasteiger partial charge in [0.1, 0.15) is 5.82 Å². The molecule has 2 saturated heterocycles. The standard InChI is InChI=1S/C20H25N3O2/c1-15-13-19(22-20(21-15)17-5-3-2-4-6-17)23-9-12-25-18(14-23)16-7-10-24-11-8-16/h2-6,13,16,18H,7-12,14H2,1H3. The van der Waals surface area contributed by atoms with Gasteiger partial charge in [-0.1, -0.05) is 30.3 Å². The van der Waals surface area contributed by atoms with Crippen LogP contribution in [-0.4, -0.2) is 49.0 Å². The highest BCUT2D eigenvalue weighted by Gasteiger charge is 2.30. The summed E-state index contributed by atoms with van der Waals surface area (Å²) in [7, 11) is 0. The molecular formula is C20H25N3O2. The van der Waals surface area contributed by atoms with Gasteiger partial charge in [0.15, 0.2) is 5.82 Å². The number of ether oxygens (including phenoxy) is 2. The normalized spacial score (nSPS) is 22.1. The van der Waals surface area contributed by atoms with Crippen LogP contribution >= 0.6 is 0 Å². The summed E-state index contributed by atoms with van der Waals surface area (Å²) in [4.78, 5) is 11.8. The fraction of sp³-hybridized carbons (Fsp3) is 0.500. The van der Waals surface area contributed by atoms with E-state index in [2.05, 4.69) is 28.1 Å². The smallest absolute Gasteiger partial charge is 0.161 e. The lowest BCUT2D eigenvalue weighted by Gasteiger charge is -2.39. The van der Waals surface area contributed by atoms with Gasteiger partial charge in [-0.2, -0.15) is 0 Å². The molecule has 0 aliphatic carbocycles. The van der Waals surface area contributed by atoms with E-state index in [1.54, 1.807) is 0 Å². The molecule has 2 aliphatic heterocycles. The van der Waals surface area contributed by atoms with Gasteiger partial charge in [0.25, 0.3) is 0 Å². The first-order valence-electron chi connectivity index (χ1n) is 9.15. The number of hydrogen-bond donors (Lipinski definition) is 0. The quantitative estimate of drug-likeness (QED) is 0.860. The van der Waals surface area contributed by atoms with E-state index in [1.807, 2.05) is 25.1 Å². The topological polar surface area (TPSA) is 47.5 Å². The van der Waals surface area contributed by atoms with Crippen LogP contribution in [0.4, 0.5) is 5.82 Å². The Morgan fingerprint density at radius 3 is 2.64 bits per heavy atom. The van der Waals surface area contributed by atoms with Crippen LogP contribution < -0.4 is 4.90 Å². The summed E-state index contributed by atoms with van der Waals surface area (Å²) in [5.41, 5.74) is 2.06. The Kier molecular flexibility index (Phi) is 4.95. The average Bonchev–Trinajstić information content (AvgIpc) is 2.69. The summed E-state index contributed by atoms with van der Waals surface area (Å²) in [6.45, 7) is 6.28. The predicted molar refractivity (Wildman–Crippen MR) is 97.7 cm³/mol. The number of anilines is 1. The van der Waals surface area contributed by atoms with Crippen molar-refractivity contribution in [3.05, 3.63) is 42.1 Å². The first-order valence-corrected chi connectivity index (χ1v) is 9.15. The van der Waals surface area contributed by atoms with Gasteiger partial charge in [0, 0.05) is 43.6 Å². The lowest BCUT2D eigenvalue weighted by atomic mass is 9.93. The fourth-order valence-electron chi connectivity index (χ4n) is 3.69. The van der Waals surface area contributed by atoms with Gasteiger partial charge in [0.2, 0.25) is 0 Å². The molecule has 2 fully saturated rings. The summed E-state index contributed by atoms with van der Waals surface area (Å²) in [6, 6.07) is 12.3. The van der Waals surface area contributed by atoms with Gasteiger partial charge in [-0.3, -0.25) is 0 Å². The Morgan fingerprint density at radius 1 is 1.04 bits per heavy atom. The molecule has 4 rings (SSSR count). The average molecular weight is 339 g/mol. The monoisotopic (exact) mass is 339 g/mol. The van der Waals surface area contributed by atoms with Gasteiger partial charge in [0.05, 0.1) is 12.7 Å². The van der Waals surface area contributed by atoms with Crippen molar-refractivity contribution >= 4 is 5.82 Å². The van der Waals surface area contributed by atoms with Crippen molar-refractivity contribution < 1.29 is 9.47 Å². The predicted octanol–water partition coefficient (Wildman–Crippen LogP) is 3.08. The van der Waals surface area contributed by atoms with Crippen LogP contribution in [0.1, 0.15) is 18.5 Å². The molecule has 1 aromatic carbocycles. The number of morpholine rings is 1. The number of benzene rings is 1. The van der Waals surface area contributed by atoms with E-state index < -0.39 is 0 Å². The highest BCUT2D eigenvalue weighted by Crippen LogP contribution is 2.27. The van der Waals surface area contributed by atoms with Crippen LogP contribution in [0.15, 0.2) is 36.4 Å². The third-order valence-electron chi connectivity index (χ3n) is 5.08. The maximum Gasteiger partial charge on any atom is 0.161 e. The number of aryl methyl sites for hydroxylation is 1. The lowest BCUT2D eigenvalue weighted by molar-refractivity contribution is -0.0400. The molecule has 25 heavy (non-hydrogen) atoms. The van der Waals surface area contributed by atoms with Crippen molar-refractivity contribution in [3.63, 3.8) is 0 Å². The summed E-state index contributed by atoms with van der Waals surface area (Å²) >= 11 is 0. The molecule has 2 aromatic rings. The molecule has 0 spiro atoms. The molecule has 0 amide bonds. The molecule has 0 radical (unpaired) electrons. The minimum absolute atomic E-state index is 0.271. The number of hydrogen-bond acceptors (Lipinski definition) is 5. The van der Waals surface area contributed by atoms with Crippen molar-refractivity contribution in [2.75, 3.05) is 37.8 Å². The van der Waals surface area contributed by atoms with Gasteiger partial charge in [-0.15, -0.1) is 0 Å². The molecule has 0 saturated carbocycles. The SMILES string of the molecule is Cc1cc(N2CCOC(C3CCOCC3)C2)nc(-c2ccccc2)n1. The molecule has 3 heterocycles. The van der Waals surface area contributed by atoms with Crippen molar-refractivity contribution in [1.82, 2.24) is 9.97 Å². The van der Waals surface area contributed by atoms with Gasteiger partial charge in [-0.05, 0) is 25.7 Å². The Bertz CT molecular complexity index is 701. The zero-order valence-corrected chi connectivity index (χ0v) is 14.7. The zero-order chi connectivity index (χ0) is 17.1. The highest BCUT2D eigenvalue weighted by molar-refractivity contribution is 5.58. The maximum atomic E-state index is 6.07. The van der Waals surface area contributed by atoms with Gasteiger partial charge in [-0.25, -0.2) is 9.97 Å². The van der Waals surface area contributed by atoms with E-state index in [9.17, 15) is 0 Å². The Labute approximate surface area is 149 Å². The Hall–Kier alpha value is -1.98. The number of nitrogens with zero attached hydrogens (tertiary/aromatic N) is 3. The minimum Gasteiger partial charge on any atom is -0.381 e.